The fourth-order valence-electron chi connectivity index (χ4n) is 1.58. The molecular weight excluding hydrogens is 260 g/mol. The van der Waals surface area contributed by atoms with Crippen molar-refractivity contribution in [3.05, 3.63) is 29.8 Å². The largest absolute Gasteiger partial charge is 0.435 e. The molecule has 0 aliphatic rings. The fraction of sp³-hybridized carbons (Fsp3) is 0.538. The predicted molar refractivity (Wildman–Crippen MR) is 71.3 cm³/mol. The summed E-state index contributed by atoms with van der Waals surface area (Å²) in [5, 5.41) is 0. The highest BCUT2D eigenvalue weighted by Gasteiger charge is 2.08. The maximum atomic E-state index is 11.9. The molecule has 0 unspecified atom stereocenters. The third kappa shape index (κ3) is 6.17. The van der Waals surface area contributed by atoms with Crippen molar-refractivity contribution >= 4 is 12.4 Å². The Balaban J connectivity index is 0.00000289. The summed E-state index contributed by atoms with van der Waals surface area (Å²) in [4.78, 5) is 0. The van der Waals surface area contributed by atoms with Gasteiger partial charge in [-0.15, -0.1) is 12.4 Å². The highest BCUT2D eigenvalue weighted by molar-refractivity contribution is 5.85. The van der Waals surface area contributed by atoms with E-state index in [2.05, 4.69) is 18.6 Å². The first-order chi connectivity index (χ1) is 7.99. The van der Waals surface area contributed by atoms with Crippen molar-refractivity contribution < 1.29 is 13.5 Å². The van der Waals surface area contributed by atoms with E-state index in [1.54, 1.807) is 12.1 Å². The molecule has 0 aliphatic heterocycles. The van der Waals surface area contributed by atoms with Crippen LogP contribution in [0.4, 0.5) is 8.78 Å². The molecule has 2 N–H and O–H groups in total. The van der Waals surface area contributed by atoms with Crippen molar-refractivity contribution in [1.29, 1.82) is 0 Å². The fourth-order valence-corrected chi connectivity index (χ4v) is 1.58. The van der Waals surface area contributed by atoms with Gasteiger partial charge in [0.25, 0.3) is 0 Å². The first kappa shape index (κ1) is 17.1. The molecule has 1 aromatic rings. The van der Waals surface area contributed by atoms with E-state index in [9.17, 15) is 8.78 Å². The summed E-state index contributed by atoms with van der Waals surface area (Å²) in [6, 6.07) is 6.48. The van der Waals surface area contributed by atoms with E-state index < -0.39 is 6.61 Å². The number of nitrogens with two attached hydrogens (primary N) is 1. The summed E-state index contributed by atoms with van der Waals surface area (Å²) in [5.74, 6) is 0.780. The molecule has 1 rings (SSSR count). The Hall–Kier alpha value is -0.870. The SMILES string of the molecule is CC(C)CC[C@H](N)c1ccc(OC(F)F)cc1.Cl. The van der Waals surface area contributed by atoms with Crippen molar-refractivity contribution in [3.8, 4) is 5.75 Å². The third-order valence-electron chi connectivity index (χ3n) is 2.59. The maximum absolute atomic E-state index is 11.9. The highest BCUT2D eigenvalue weighted by atomic mass is 35.5. The molecule has 0 aromatic heterocycles. The summed E-state index contributed by atoms with van der Waals surface area (Å²) >= 11 is 0. The number of hydrogen-bond acceptors (Lipinski definition) is 2. The molecule has 0 aliphatic carbocycles. The van der Waals surface area contributed by atoms with Crippen LogP contribution in [0.1, 0.15) is 38.3 Å². The molecule has 0 saturated heterocycles. The molecule has 0 spiro atoms. The molecule has 0 heterocycles. The van der Waals surface area contributed by atoms with E-state index in [-0.39, 0.29) is 24.2 Å². The average molecular weight is 280 g/mol. The normalized spacial score (nSPS) is 12.4. The molecule has 0 saturated carbocycles. The summed E-state index contributed by atoms with van der Waals surface area (Å²) in [6.07, 6.45) is 1.95. The van der Waals surface area contributed by atoms with E-state index in [1.807, 2.05) is 0 Å². The molecule has 2 nitrogen and oxygen atoms in total. The lowest BCUT2D eigenvalue weighted by atomic mass is 9.98. The number of hydrogen-bond donors (Lipinski definition) is 1. The summed E-state index contributed by atoms with van der Waals surface area (Å²) in [5.41, 5.74) is 6.96. The van der Waals surface area contributed by atoms with Gasteiger partial charge in [0.05, 0.1) is 0 Å². The molecule has 0 radical (unpaired) electrons. The predicted octanol–water partition coefficient (Wildman–Crippen LogP) is 4.15. The Morgan fingerprint density at radius 1 is 1.11 bits per heavy atom. The van der Waals surface area contributed by atoms with Crippen molar-refractivity contribution in [2.45, 2.75) is 39.3 Å². The zero-order valence-electron chi connectivity index (χ0n) is 10.6. The quantitative estimate of drug-likeness (QED) is 0.849. The number of benzene rings is 1. The first-order valence-electron chi connectivity index (χ1n) is 5.79. The van der Waals surface area contributed by atoms with Crippen LogP contribution in [0.5, 0.6) is 5.75 Å². The lowest BCUT2D eigenvalue weighted by molar-refractivity contribution is -0.0498. The standard InChI is InChI=1S/C13H19F2NO.ClH/c1-9(2)3-8-12(16)10-4-6-11(7-5-10)17-13(14)15;/h4-7,9,12-13H,3,8,16H2,1-2H3;1H/t12-;/m0./s1. The van der Waals surface area contributed by atoms with Crippen LogP contribution in [0, 0.1) is 5.92 Å². The number of rotatable bonds is 6. The monoisotopic (exact) mass is 279 g/mol. The molecule has 1 atom stereocenters. The molecule has 104 valence electrons. The van der Waals surface area contributed by atoms with Crippen LogP contribution in [-0.4, -0.2) is 6.61 Å². The minimum Gasteiger partial charge on any atom is -0.435 e. The van der Waals surface area contributed by atoms with Gasteiger partial charge in [-0.1, -0.05) is 26.0 Å². The van der Waals surface area contributed by atoms with E-state index in [0.29, 0.717) is 5.92 Å². The van der Waals surface area contributed by atoms with E-state index in [1.165, 1.54) is 12.1 Å². The second-order valence-corrected chi connectivity index (χ2v) is 4.53. The van der Waals surface area contributed by atoms with Gasteiger partial charge in [0.15, 0.2) is 0 Å². The summed E-state index contributed by atoms with van der Waals surface area (Å²) in [6.45, 7) is 1.51. The maximum Gasteiger partial charge on any atom is 0.387 e. The molecule has 0 fully saturated rings. The molecule has 0 amide bonds. The van der Waals surface area contributed by atoms with Gasteiger partial charge in [-0.3, -0.25) is 0 Å². The Morgan fingerprint density at radius 2 is 1.67 bits per heavy atom. The van der Waals surface area contributed by atoms with Gasteiger partial charge in [0, 0.05) is 6.04 Å². The number of alkyl halides is 2. The summed E-state index contributed by atoms with van der Waals surface area (Å²) < 4.78 is 28.2. The average Bonchev–Trinajstić information content (AvgIpc) is 2.26. The van der Waals surface area contributed by atoms with Gasteiger partial charge in [-0.25, -0.2) is 0 Å². The topological polar surface area (TPSA) is 35.2 Å². The van der Waals surface area contributed by atoms with Gasteiger partial charge in [0.1, 0.15) is 5.75 Å². The first-order valence-corrected chi connectivity index (χ1v) is 5.79. The Labute approximate surface area is 113 Å². The molecular formula is C13H20ClF2NO. The minimum atomic E-state index is -2.78. The Morgan fingerprint density at radius 3 is 2.11 bits per heavy atom. The van der Waals surface area contributed by atoms with Crippen molar-refractivity contribution in [1.82, 2.24) is 0 Å². The van der Waals surface area contributed by atoms with E-state index >= 15 is 0 Å². The molecule has 0 bridgehead atoms. The van der Waals surface area contributed by atoms with Gasteiger partial charge in [-0.2, -0.15) is 8.78 Å². The van der Waals surface area contributed by atoms with Gasteiger partial charge in [0.2, 0.25) is 0 Å². The number of ether oxygens (including phenoxy) is 1. The Bertz CT molecular complexity index is 330. The Kier molecular flexibility index (Phi) is 7.87. The molecule has 18 heavy (non-hydrogen) atoms. The van der Waals surface area contributed by atoms with Crippen molar-refractivity contribution in [3.63, 3.8) is 0 Å². The van der Waals surface area contributed by atoms with Crippen LogP contribution in [0.3, 0.4) is 0 Å². The van der Waals surface area contributed by atoms with Crippen LogP contribution in [0.25, 0.3) is 0 Å². The summed E-state index contributed by atoms with van der Waals surface area (Å²) in [7, 11) is 0. The number of halogens is 3. The van der Waals surface area contributed by atoms with Gasteiger partial charge >= 0.3 is 6.61 Å². The van der Waals surface area contributed by atoms with Crippen LogP contribution in [-0.2, 0) is 0 Å². The van der Waals surface area contributed by atoms with Crippen LogP contribution in [0.2, 0.25) is 0 Å². The lowest BCUT2D eigenvalue weighted by Crippen LogP contribution is -2.11. The zero-order chi connectivity index (χ0) is 12.8. The minimum absolute atomic E-state index is 0. The lowest BCUT2D eigenvalue weighted by Gasteiger charge is -2.14. The van der Waals surface area contributed by atoms with Crippen molar-refractivity contribution in [2.75, 3.05) is 0 Å². The zero-order valence-corrected chi connectivity index (χ0v) is 11.4. The van der Waals surface area contributed by atoms with Crippen LogP contribution >= 0.6 is 12.4 Å². The molecule has 1 aromatic carbocycles. The third-order valence-corrected chi connectivity index (χ3v) is 2.59. The highest BCUT2D eigenvalue weighted by Crippen LogP contribution is 2.22. The van der Waals surface area contributed by atoms with Crippen LogP contribution < -0.4 is 10.5 Å². The molecule has 5 heteroatoms. The second-order valence-electron chi connectivity index (χ2n) is 4.53. The van der Waals surface area contributed by atoms with E-state index in [0.717, 1.165) is 18.4 Å². The van der Waals surface area contributed by atoms with Gasteiger partial charge < -0.3 is 10.5 Å². The van der Waals surface area contributed by atoms with Gasteiger partial charge in [-0.05, 0) is 36.5 Å². The van der Waals surface area contributed by atoms with E-state index in [4.69, 9.17) is 5.73 Å². The second kappa shape index (κ2) is 8.27. The van der Waals surface area contributed by atoms with Crippen molar-refractivity contribution in [2.24, 2.45) is 11.7 Å². The van der Waals surface area contributed by atoms with Crippen LogP contribution in [0.15, 0.2) is 24.3 Å². The smallest absolute Gasteiger partial charge is 0.387 e.